The molecule has 0 aliphatic heterocycles. The summed E-state index contributed by atoms with van der Waals surface area (Å²) in [7, 11) is 1.95. The number of rotatable bonds is 3. The summed E-state index contributed by atoms with van der Waals surface area (Å²) < 4.78 is 2.34. The Morgan fingerprint density at radius 3 is 2.81 bits per heavy atom. The van der Waals surface area contributed by atoms with Crippen LogP contribution in [0.2, 0.25) is 0 Å². The molecule has 0 radical (unpaired) electrons. The van der Waals surface area contributed by atoms with E-state index in [4.69, 9.17) is 0 Å². The van der Waals surface area contributed by atoms with Crippen molar-refractivity contribution in [1.82, 2.24) is 9.55 Å². The van der Waals surface area contributed by atoms with Crippen LogP contribution in [0.5, 0.6) is 0 Å². The van der Waals surface area contributed by atoms with Crippen molar-refractivity contribution >= 4 is 5.95 Å². The molecule has 0 bridgehead atoms. The van der Waals surface area contributed by atoms with Gasteiger partial charge in [0.1, 0.15) is 0 Å². The highest BCUT2D eigenvalue weighted by atomic mass is 15.2. The molecule has 2 atom stereocenters. The molecule has 1 aromatic heterocycles. The van der Waals surface area contributed by atoms with E-state index in [9.17, 15) is 0 Å². The molecule has 0 saturated heterocycles. The van der Waals surface area contributed by atoms with E-state index in [1.54, 1.807) is 0 Å². The predicted octanol–water partition coefficient (Wildman–Crippen LogP) is 3.31. The first-order valence-electron chi connectivity index (χ1n) is 6.44. The van der Waals surface area contributed by atoms with Gasteiger partial charge in [0.25, 0.3) is 0 Å². The highest BCUT2D eigenvalue weighted by Gasteiger charge is 2.29. The van der Waals surface area contributed by atoms with Gasteiger partial charge in [-0.05, 0) is 24.7 Å². The van der Waals surface area contributed by atoms with Crippen LogP contribution in [-0.2, 0) is 0 Å². The smallest absolute Gasteiger partial charge is 0.202 e. The van der Waals surface area contributed by atoms with Crippen LogP contribution in [-0.4, -0.2) is 16.6 Å². The highest BCUT2D eigenvalue weighted by Crippen LogP contribution is 2.39. The summed E-state index contributed by atoms with van der Waals surface area (Å²) in [5, 5.41) is 3.18. The second-order valence-corrected chi connectivity index (χ2v) is 5.17. The second-order valence-electron chi connectivity index (χ2n) is 5.17. The van der Waals surface area contributed by atoms with E-state index in [1.807, 2.05) is 13.2 Å². The lowest BCUT2D eigenvalue weighted by Crippen LogP contribution is -2.27. The zero-order chi connectivity index (χ0) is 11.5. The molecule has 1 N–H and O–H groups in total. The van der Waals surface area contributed by atoms with Gasteiger partial charge in [0.15, 0.2) is 0 Å². The van der Waals surface area contributed by atoms with E-state index in [1.165, 1.54) is 25.7 Å². The minimum Gasteiger partial charge on any atom is -0.359 e. The molecule has 2 unspecified atom stereocenters. The summed E-state index contributed by atoms with van der Waals surface area (Å²) in [4.78, 5) is 4.36. The van der Waals surface area contributed by atoms with Crippen LogP contribution in [0.4, 0.5) is 5.95 Å². The fraction of sp³-hybridized carbons (Fsp3) is 0.769. The Balaban J connectivity index is 2.23. The van der Waals surface area contributed by atoms with E-state index in [0.717, 1.165) is 17.8 Å². The van der Waals surface area contributed by atoms with E-state index >= 15 is 0 Å². The van der Waals surface area contributed by atoms with Crippen molar-refractivity contribution in [1.29, 1.82) is 0 Å². The first-order chi connectivity index (χ1) is 7.74. The maximum Gasteiger partial charge on any atom is 0.202 e. The monoisotopic (exact) mass is 221 g/mol. The molecule has 90 valence electrons. The number of hydrogen-bond donors (Lipinski definition) is 1. The maximum absolute atomic E-state index is 4.36. The number of nitrogens with zero attached hydrogens (tertiary/aromatic N) is 2. The highest BCUT2D eigenvalue weighted by molar-refractivity contribution is 5.25. The minimum atomic E-state index is 0.638. The summed E-state index contributed by atoms with van der Waals surface area (Å²) in [6.45, 7) is 4.69. The minimum absolute atomic E-state index is 0.638. The summed E-state index contributed by atoms with van der Waals surface area (Å²) >= 11 is 0. The maximum atomic E-state index is 4.36. The van der Waals surface area contributed by atoms with Gasteiger partial charge in [0, 0.05) is 25.5 Å². The number of hydrogen-bond acceptors (Lipinski definition) is 2. The largest absolute Gasteiger partial charge is 0.359 e. The van der Waals surface area contributed by atoms with E-state index < -0.39 is 0 Å². The molecule has 1 aliphatic rings. The van der Waals surface area contributed by atoms with Crippen molar-refractivity contribution in [3.8, 4) is 0 Å². The van der Waals surface area contributed by atoms with Crippen molar-refractivity contribution < 1.29 is 0 Å². The molecule has 1 aliphatic carbocycles. The van der Waals surface area contributed by atoms with Gasteiger partial charge in [0.05, 0.1) is 0 Å². The third-order valence-corrected chi connectivity index (χ3v) is 3.89. The summed E-state index contributed by atoms with van der Waals surface area (Å²) in [5.74, 6) is 2.57. The zero-order valence-corrected chi connectivity index (χ0v) is 10.6. The quantitative estimate of drug-likeness (QED) is 0.848. The lowest BCUT2D eigenvalue weighted by Gasteiger charge is -2.35. The first kappa shape index (κ1) is 11.5. The van der Waals surface area contributed by atoms with Gasteiger partial charge in [-0.1, -0.05) is 26.7 Å². The SMILES string of the molecule is CNc1nccn1C1CCCCC1C(C)C. The summed E-state index contributed by atoms with van der Waals surface area (Å²) in [6, 6.07) is 0.638. The fourth-order valence-electron chi connectivity index (χ4n) is 3.04. The molecule has 0 aromatic carbocycles. The third-order valence-electron chi connectivity index (χ3n) is 3.89. The zero-order valence-electron chi connectivity index (χ0n) is 10.6. The van der Waals surface area contributed by atoms with Gasteiger partial charge in [-0.15, -0.1) is 0 Å². The lowest BCUT2D eigenvalue weighted by atomic mass is 9.77. The predicted molar refractivity (Wildman–Crippen MR) is 67.6 cm³/mol. The molecule has 3 nitrogen and oxygen atoms in total. The number of anilines is 1. The van der Waals surface area contributed by atoms with Crippen LogP contribution in [0.1, 0.15) is 45.6 Å². The van der Waals surface area contributed by atoms with Crippen molar-refractivity contribution in [3.63, 3.8) is 0 Å². The van der Waals surface area contributed by atoms with Crippen LogP contribution in [0.3, 0.4) is 0 Å². The van der Waals surface area contributed by atoms with Crippen LogP contribution in [0.25, 0.3) is 0 Å². The molecule has 3 heteroatoms. The Morgan fingerprint density at radius 1 is 1.38 bits per heavy atom. The second kappa shape index (κ2) is 4.89. The van der Waals surface area contributed by atoms with E-state index in [-0.39, 0.29) is 0 Å². The first-order valence-corrected chi connectivity index (χ1v) is 6.44. The summed E-state index contributed by atoms with van der Waals surface area (Å²) in [5.41, 5.74) is 0. The standard InChI is InChI=1S/C13H23N3/c1-10(2)11-6-4-5-7-12(11)16-9-8-15-13(16)14-3/h8-12H,4-7H2,1-3H3,(H,14,15). The van der Waals surface area contributed by atoms with Crippen LogP contribution >= 0.6 is 0 Å². The van der Waals surface area contributed by atoms with Crippen LogP contribution in [0.15, 0.2) is 12.4 Å². The van der Waals surface area contributed by atoms with E-state index in [2.05, 4.69) is 34.9 Å². The van der Waals surface area contributed by atoms with Crippen molar-refractivity contribution in [2.75, 3.05) is 12.4 Å². The lowest BCUT2D eigenvalue weighted by molar-refractivity contribution is 0.186. The van der Waals surface area contributed by atoms with Gasteiger partial charge in [0.2, 0.25) is 5.95 Å². The van der Waals surface area contributed by atoms with Crippen molar-refractivity contribution in [2.24, 2.45) is 11.8 Å². The molecule has 16 heavy (non-hydrogen) atoms. The average molecular weight is 221 g/mol. The molecule has 1 heterocycles. The topological polar surface area (TPSA) is 29.9 Å². The van der Waals surface area contributed by atoms with Gasteiger partial charge in [-0.3, -0.25) is 0 Å². The van der Waals surface area contributed by atoms with Crippen LogP contribution in [0, 0.1) is 11.8 Å². The number of nitrogens with one attached hydrogen (secondary N) is 1. The molecule has 2 rings (SSSR count). The number of aromatic nitrogens is 2. The Hall–Kier alpha value is -0.990. The fourth-order valence-corrected chi connectivity index (χ4v) is 3.04. The van der Waals surface area contributed by atoms with Gasteiger partial charge < -0.3 is 9.88 Å². The van der Waals surface area contributed by atoms with Gasteiger partial charge in [-0.2, -0.15) is 0 Å². The van der Waals surface area contributed by atoms with Gasteiger partial charge in [-0.25, -0.2) is 4.98 Å². The average Bonchev–Trinajstić information content (AvgIpc) is 2.76. The van der Waals surface area contributed by atoms with Crippen molar-refractivity contribution in [2.45, 2.75) is 45.6 Å². The van der Waals surface area contributed by atoms with Gasteiger partial charge >= 0.3 is 0 Å². The Kier molecular flexibility index (Phi) is 3.52. The summed E-state index contributed by atoms with van der Waals surface area (Å²) in [6.07, 6.45) is 9.44. The molecule has 0 spiro atoms. The van der Waals surface area contributed by atoms with Crippen LogP contribution < -0.4 is 5.32 Å². The Bertz CT molecular complexity index is 330. The van der Waals surface area contributed by atoms with Crippen molar-refractivity contribution in [3.05, 3.63) is 12.4 Å². The Morgan fingerprint density at radius 2 is 2.12 bits per heavy atom. The third kappa shape index (κ3) is 2.08. The molecule has 1 aromatic rings. The molecule has 0 amide bonds. The normalized spacial score (nSPS) is 26.0. The molecule has 1 saturated carbocycles. The molecule has 1 fully saturated rings. The molecular weight excluding hydrogens is 198 g/mol. The number of imidazole rings is 1. The molecular formula is C13H23N3. The van der Waals surface area contributed by atoms with E-state index in [0.29, 0.717) is 6.04 Å². The Labute approximate surface area is 98.3 Å².